The van der Waals surface area contributed by atoms with Crippen molar-refractivity contribution in [1.82, 2.24) is 15.0 Å². The van der Waals surface area contributed by atoms with E-state index in [4.69, 9.17) is 9.26 Å². The van der Waals surface area contributed by atoms with Crippen LogP contribution in [0.4, 0.5) is 0 Å². The number of amides is 1. The number of ether oxygens (including phenoxy) is 1. The highest BCUT2D eigenvalue weighted by atomic mass is 16.5. The first-order valence-electron chi connectivity index (χ1n) is 8.48. The van der Waals surface area contributed by atoms with E-state index in [9.17, 15) is 4.79 Å². The standard InChI is InChI=1S/C16H23N3O3/c1-10(21-9-11-4-5-11)16(20)19-8-2-3-13(19)14-17-15(22-18-14)12-6-7-12/h10-13H,2-9H2,1H3/t10-,13+/m0/s1. The molecule has 2 heterocycles. The molecule has 0 bridgehead atoms. The predicted octanol–water partition coefficient (Wildman–Crippen LogP) is 2.43. The van der Waals surface area contributed by atoms with E-state index in [2.05, 4.69) is 10.1 Å². The Kier molecular flexibility index (Phi) is 3.64. The molecule has 4 rings (SSSR count). The highest BCUT2D eigenvalue weighted by Crippen LogP contribution is 2.40. The zero-order valence-electron chi connectivity index (χ0n) is 13.0. The van der Waals surface area contributed by atoms with Crippen LogP contribution in [0.25, 0.3) is 0 Å². The topological polar surface area (TPSA) is 68.5 Å². The van der Waals surface area contributed by atoms with Gasteiger partial charge in [0.05, 0.1) is 12.6 Å². The maximum Gasteiger partial charge on any atom is 0.252 e. The Labute approximate surface area is 130 Å². The van der Waals surface area contributed by atoms with Crippen molar-refractivity contribution in [3.8, 4) is 0 Å². The molecule has 1 saturated heterocycles. The Bertz CT molecular complexity index is 551. The van der Waals surface area contributed by atoms with Crippen molar-refractivity contribution in [2.45, 2.75) is 63.5 Å². The Morgan fingerprint density at radius 1 is 1.36 bits per heavy atom. The molecular weight excluding hydrogens is 282 g/mol. The minimum Gasteiger partial charge on any atom is -0.368 e. The second-order valence-corrected chi connectivity index (χ2v) is 6.87. The van der Waals surface area contributed by atoms with Crippen molar-refractivity contribution in [2.24, 2.45) is 5.92 Å². The minimum absolute atomic E-state index is 0.0456. The van der Waals surface area contributed by atoms with Gasteiger partial charge in [0, 0.05) is 12.5 Å². The van der Waals surface area contributed by atoms with E-state index >= 15 is 0 Å². The second kappa shape index (κ2) is 5.65. The molecule has 6 heteroatoms. The fraction of sp³-hybridized carbons (Fsp3) is 0.812. The van der Waals surface area contributed by atoms with Gasteiger partial charge in [0.15, 0.2) is 5.82 Å². The van der Waals surface area contributed by atoms with Gasteiger partial charge in [0.1, 0.15) is 6.10 Å². The lowest BCUT2D eigenvalue weighted by atomic mass is 10.2. The van der Waals surface area contributed by atoms with E-state index in [-0.39, 0.29) is 18.1 Å². The van der Waals surface area contributed by atoms with Crippen molar-refractivity contribution < 1.29 is 14.1 Å². The van der Waals surface area contributed by atoms with Crippen LogP contribution in [0, 0.1) is 5.92 Å². The van der Waals surface area contributed by atoms with Crippen molar-refractivity contribution in [2.75, 3.05) is 13.2 Å². The molecule has 2 atom stereocenters. The number of carbonyl (C=O) groups excluding carboxylic acids is 1. The van der Waals surface area contributed by atoms with Gasteiger partial charge in [-0.3, -0.25) is 4.79 Å². The molecule has 6 nitrogen and oxygen atoms in total. The van der Waals surface area contributed by atoms with Gasteiger partial charge in [-0.05, 0) is 51.4 Å². The summed E-state index contributed by atoms with van der Waals surface area (Å²) in [6.07, 6.45) is 6.27. The Morgan fingerprint density at radius 2 is 2.18 bits per heavy atom. The fourth-order valence-corrected chi connectivity index (χ4v) is 3.05. The molecular formula is C16H23N3O3. The molecule has 22 heavy (non-hydrogen) atoms. The van der Waals surface area contributed by atoms with Crippen LogP contribution in [0.15, 0.2) is 4.52 Å². The quantitative estimate of drug-likeness (QED) is 0.807. The number of rotatable bonds is 6. The van der Waals surface area contributed by atoms with Gasteiger partial charge in [0.25, 0.3) is 5.91 Å². The summed E-state index contributed by atoms with van der Waals surface area (Å²) in [5.74, 6) is 2.59. The smallest absolute Gasteiger partial charge is 0.252 e. The third-order valence-electron chi connectivity index (χ3n) is 4.84. The average molecular weight is 305 g/mol. The van der Waals surface area contributed by atoms with Crippen LogP contribution in [0.2, 0.25) is 0 Å². The van der Waals surface area contributed by atoms with Crippen LogP contribution in [-0.4, -0.2) is 40.2 Å². The van der Waals surface area contributed by atoms with Gasteiger partial charge in [-0.2, -0.15) is 4.98 Å². The second-order valence-electron chi connectivity index (χ2n) is 6.87. The van der Waals surface area contributed by atoms with Gasteiger partial charge in [-0.1, -0.05) is 5.16 Å². The van der Waals surface area contributed by atoms with Gasteiger partial charge in [-0.15, -0.1) is 0 Å². The van der Waals surface area contributed by atoms with E-state index < -0.39 is 0 Å². The molecule has 2 saturated carbocycles. The van der Waals surface area contributed by atoms with Crippen LogP contribution in [-0.2, 0) is 9.53 Å². The molecule has 0 unspecified atom stereocenters. The summed E-state index contributed by atoms with van der Waals surface area (Å²) in [5.41, 5.74) is 0. The summed E-state index contributed by atoms with van der Waals surface area (Å²) in [7, 11) is 0. The summed E-state index contributed by atoms with van der Waals surface area (Å²) in [6.45, 7) is 3.32. The van der Waals surface area contributed by atoms with Crippen LogP contribution in [0.3, 0.4) is 0 Å². The highest BCUT2D eigenvalue weighted by molar-refractivity contribution is 5.81. The molecule has 2 aliphatic carbocycles. The summed E-state index contributed by atoms with van der Waals surface area (Å²) in [5, 5.41) is 4.11. The van der Waals surface area contributed by atoms with Crippen LogP contribution >= 0.6 is 0 Å². The maximum absolute atomic E-state index is 12.6. The van der Waals surface area contributed by atoms with Gasteiger partial charge >= 0.3 is 0 Å². The molecule has 0 spiro atoms. The SMILES string of the molecule is C[C@H](OCC1CC1)C(=O)N1CCC[C@@H]1c1noc(C2CC2)n1. The minimum atomic E-state index is -0.379. The van der Waals surface area contributed by atoms with Crippen LogP contribution in [0.5, 0.6) is 0 Å². The zero-order chi connectivity index (χ0) is 15.1. The third kappa shape index (κ3) is 2.89. The summed E-state index contributed by atoms with van der Waals surface area (Å²) < 4.78 is 11.1. The maximum atomic E-state index is 12.6. The van der Waals surface area contributed by atoms with Crippen LogP contribution in [0.1, 0.15) is 69.1 Å². The first-order chi connectivity index (χ1) is 10.7. The first kappa shape index (κ1) is 14.2. The number of hydrogen-bond donors (Lipinski definition) is 0. The Balaban J connectivity index is 1.41. The molecule has 1 amide bonds. The Morgan fingerprint density at radius 3 is 2.91 bits per heavy atom. The molecule has 0 aromatic carbocycles. The molecule has 0 N–H and O–H groups in total. The lowest BCUT2D eigenvalue weighted by molar-refractivity contribution is -0.144. The van der Waals surface area contributed by atoms with E-state index in [1.807, 2.05) is 11.8 Å². The lowest BCUT2D eigenvalue weighted by Crippen LogP contribution is -2.39. The summed E-state index contributed by atoms with van der Waals surface area (Å²) in [6, 6.07) is -0.0456. The fourth-order valence-electron chi connectivity index (χ4n) is 3.05. The van der Waals surface area contributed by atoms with Crippen molar-refractivity contribution in [3.05, 3.63) is 11.7 Å². The average Bonchev–Trinajstić information content (AvgIpc) is 3.44. The van der Waals surface area contributed by atoms with Gasteiger partial charge in [-0.25, -0.2) is 0 Å². The summed E-state index contributed by atoms with van der Waals surface area (Å²) in [4.78, 5) is 19.0. The zero-order valence-corrected chi connectivity index (χ0v) is 13.0. The largest absolute Gasteiger partial charge is 0.368 e. The Hall–Kier alpha value is -1.43. The van der Waals surface area contributed by atoms with E-state index in [1.54, 1.807) is 0 Å². The number of nitrogens with zero attached hydrogens (tertiary/aromatic N) is 3. The lowest BCUT2D eigenvalue weighted by Gasteiger charge is -2.25. The number of likely N-dealkylation sites (tertiary alicyclic amines) is 1. The molecule has 3 fully saturated rings. The van der Waals surface area contributed by atoms with E-state index in [1.165, 1.54) is 12.8 Å². The number of carbonyl (C=O) groups is 1. The third-order valence-corrected chi connectivity index (χ3v) is 4.84. The molecule has 1 aliphatic heterocycles. The first-order valence-corrected chi connectivity index (χ1v) is 8.48. The highest BCUT2D eigenvalue weighted by Gasteiger charge is 2.37. The van der Waals surface area contributed by atoms with E-state index in [0.29, 0.717) is 24.3 Å². The predicted molar refractivity (Wildman–Crippen MR) is 78.1 cm³/mol. The molecule has 3 aliphatic rings. The monoisotopic (exact) mass is 305 g/mol. The molecule has 1 aromatic rings. The molecule has 120 valence electrons. The van der Waals surface area contributed by atoms with E-state index in [0.717, 1.165) is 38.1 Å². The van der Waals surface area contributed by atoms with Crippen molar-refractivity contribution in [3.63, 3.8) is 0 Å². The van der Waals surface area contributed by atoms with Crippen molar-refractivity contribution in [1.29, 1.82) is 0 Å². The normalized spacial score (nSPS) is 26.4. The molecule has 0 radical (unpaired) electrons. The summed E-state index contributed by atoms with van der Waals surface area (Å²) >= 11 is 0. The number of aromatic nitrogens is 2. The van der Waals surface area contributed by atoms with Gasteiger partial charge in [0.2, 0.25) is 5.89 Å². The van der Waals surface area contributed by atoms with Crippen LogP contribution < -0.4 is 0 Å². The number of hydrogen-bond acceptors (Lipinski definition) is 5. The van der Waals surface area contributed by atoms with Gasteiger partial charge < -0.3 is 14.2 Å². The van der Waals surface area contributed by atoms with Crippen molar-refractivity contribution >= 4 is 5.91 Å². The molecule has 1 aromatic heterocycles.